The average molecular weight is 338 g/mol. The van der Waals surface area contributed by atoms with Crippen molar-refractivity contribution in [1.29, 1.82) is 0 Å². The van der Waals surface area contributed by atoms with Crippen LogP contribution >= 0.6 is 0 Å². The summed E-state index contributed by atoms with van der Waals surface area (Å²) < 4.78 is 10.5. The molecule has 0 fully saturated rings. The van der Waals surface area contributed by atoms with Gasteiger partial charge in [-0.05, 0) is 42.0 Å². The Bertz CT molecular complexity index is 845. The van der Waals surface area contributed by atoms with Gasteiger partial charge in [0.1, 0.15) is 11.5 Å². The Morgan fingerprint density at radius 1 is 1.28 bits per heavy atom. The maximum absolute atomic E-state index is 12.1. The van der Waals surface area contributed by atoms with E-state index in [4.69, 9.17) is 9.47 Å². The molecule has 1 aliphatic rings. The number of ether oxygens (including phenoxy) is 2. The molecule has 1 heterocycles. The van der Waals surface area contributed by atoms with Crippen LogP contribution in [0.3, 0.4) is 0 Å². The Kier molecular flexibility index (Phi) is 4.70. The van der Waals surface area contributed by atoms with Crippen molar-refractivity contribution >= 4 is 29.3 Å². The molecular formula is C19H18N2O4. The van der Waals surface area contributed by atoms with E-state index in [9.17, 15) is 9.59 Å². The van der Waals surface area contributed by atoms with E-state index >= 15 is 0 Å². The molecule has 0 aliphatic carbocycles. The zero-order chi connectivity index (χ0) is 17.8. The van der Waals surface area contributed by atoms with Gasteiger partial charge in [0.05, 0.1) is 12.8 Å². The van der Waals surface area contributed by atoms with Crippen LogP contribution in [0.4, 0.5) is 11.4 Å². The second kappa shape index (κ2) is 7.09. The monoisotopic (exact) mass is 338 g/mol. The summed E-state index contributed by atoms with van der Waals surface area (Å²) in [5, 5.41) is 2.78. The number of hydrogen-bond acceptors (Lipinski definition) is 4. The third-order valence-electron chi connectivity index (χ3n) is 3.83. The molecule has 128 valence electrons. The van der Waals surface area contributed by atoms with Gasteiger partial charge in [-0.25, -0.2) is 0 Å². The number of carbonyl (C=O) groups is 2. The van der Waals surface area contributed by atoms with Crippen molar-refractivity contribution in [3.8, 4) is 11.5 Å². The second-order valence-electron chi connectivity index (χ2n) is 5.52. The molecule has 3 rings (SSSR count). The molecule has 1 aliphatic heterocycles. The lowest BCUT2D eigenvalue weighted by atomic mass is 10.2. The Morgan fingerprint density at radius 2 is 2.12 bits per heavy atom. The average Bonchev–Trinajstić information content (AvgIpc) is 2.63. The molecule has 2 aromatic carbocycles. The minimum Gasteiger partial charge on any atom is -0.497 e. The fourth-order valence-electron chi connectivity index (χ4n) is 2.45. The van der Waals surface area contributed by atoms with Crippen LogP contribution < -0.4 is 19.7 Å². The van der Waals surface area contributed by atoms with E-state index in [1.54, 1.807) is 38.4 Å². The van der Waals surface area contributed by atoms with Gasteiger partial charge in [0.2, 0.25) is 5.91 Å². The number of nitrogens with one attached hydrogen (secondary N) is 1. The fourth-order valence-corrected chi connectivity index (χ4v) is 2.45. The maximum atomic E-state index is 12.1. The van der Waals surface area contributed by atoms with Gasteiger partial charge in [-0.3, -0.25) is 9.59 Å². The first-order valence-electron chi connectivity index (χ1n) is 7.73. The van der Waals surface area contributed by atoms with E-state index in [1.165, 1.54) is 11.0 Å². The summed E-state index contributed by atoms with van der Waals surface area (Å²) in [6.07, 6.45) is 3.15. The summed E-state index contributed by atoms with van der Waals surface area (Å²) in [7, 11) is 3.27. The molecule has 0 saturated carbocycles. The fraction of sp³-hybridized carbons (Fsp3) is 0.158. The van der Waals surface area contributed by atoms with E-state index < -0.39 is 0 Å². The smallest absolute Gasteiger partial charge is 0.264 e. The van der Waals surface area contributed by atoms with Crippen LogP contribution in [0.2, 0.25) is 0 Å². The van der Waals surface area contributed by atoms with Crippen molar-refractivity contribution in [3.05, 3.63) is 54.1 Å². The van der Waals surface area contributed by atoms with Gasteiger partial charge in [-0.15, -0.1) is 0 Å². The zero-order valence-electron chi connectivity index (χ0n) is 14.0. The Hall–Kier alpha value is -3.28. The number of benzene rings is 2. The predicted molar refractivity (Wildman–Crippen MR) is 96.0 cm³/mol. The van der Waals surface area contributed by atoms with Crippen molar-refractivity contribution in [2.45, 2.75) is 0 Å². The third kappa shape index (κ3) is 3.80. The van der Waals surface area contributed by atoms with Gasteiger partial charge in [0, 0.05) is 18.8 Å². The molecule has 1 N–H and O–H groups in total. The molecule has 0 bridgehead atoms. The van der Waals surface area contributed by atoms with Crippen molar-refractivity contribution in [2.24, 2.45) is 0 Å². The van der Waals surface area contributed by atoms with Gasteiger partial charge >= 0.3 is 0 Å². The highest BCUT2D eigenvalue weighted by atomic mass is 16.5. The summed E-state index contributed by atoms with van der Waals surface area (Å²) in [6, 6.07) is 12.6. The van der Waals surface area contributed by atoms with Crippen LogP contribution in [0.25, 0.3) is 6.08 Å². The van der Waals surface area contributed by atoms with E-state index in [0.717, 1.165) is 11.3 Å². The number of amides is 2. The number of hydrogen-bond donors (Lipinski definition) is 1. The minimum absolute atomic E-state index is 0.0263. The molecule has 6 nitrogen and oxygen atoms in total. The quantitative estimate of drug-likeness (QED) is 0.871. The lowest BCUT2D eigenvalue weighted by Crippen LogP contribution is -2.35. The highest BCUT2D eigenvalue weighted by molar-refractivity contribution is 6.03. The van der Waals surface area contributed by atoms with Crippen molar-refractivity contribution in [1.82, 2.24) is 0 Å². The topological polar surface area (TPSA) is 67.9 Å². The summed E-state index contributed by atoms with van der Waals surface area (Å²) in [5.41, 5.74) is 2.08. The van der Waals surface area contributed by atoms with E-state index in [0.29, 0.717) is 17.1 Å². The van der Waals surface area contributed by atoms with E-state index in [2.05, 4.69) is 5.32 Å². The van der Waals surface area contributed by atoms with Crippen molar-refractivity contribution in [2.75, 3.05) is 31.0 Å². The lowest BCUT2D eigenvalue weighted by molar-refractivity contribution is -0.121. The zero-order valence-corrected chi connectivity index (χ0v) is 14.0. The third-order valence-corrected chi connectivity index (χ3v) is 3.83. The first-order chi connectivity index (χ1) is 12.1. The highest BCUT2D eigenvalue weighted by Gasteiger charge is 2.22. The molecule has 0 aromatic heterocycles. The first-order valence-corrected chi connectivity index (χ1v) is 7.73. The van der Waals surface area contributed by atoms with Crippen molar-refractivity contribution < 1.29 is 19.1 Å². The molecule has 25 heavy (non-hydrogen) atoms. The van der Waals surface area contributed by atoms with Crippen LogP contribution in [0.1, 0.15) is 5.56 Å². The molecule has 0 radical (unpaired) electrons. The summed E-state index contributed by atoms with van der Waals surface area (Å²) in [5.74, 6) is 0.944. The molecule has 0 atom stereocenters. The largest absolute Gasteiger partial charge is 0.497 e. The molecule has 2 amide bonds. The second-order valence-corrected chi connectivity index (χ2v) is 5.52. The van der Waals surface area contributed by atoms with Crippen LogP contribution in [0.5, 0.6) is 11.5 Å². The molecule has 0 saturated heterocycles. The van der Waals surface area contributed by atoms with Crippen LogP contribution in [0.15, 0.2) is 48.5 Å². The summed E-state index contributed by atoms with van der Waals surface area (Å²) >= 11 is 0. The Balaban J connectivity index is 1.71. The number of rotatable bonds is 4. The van der Waals surface area contributed by atoms with Crippen LogP contribution in [-0.2, 0) is 9.59 Å². The number of methoxy groups -OCH3 is 1. The number of likely N-dealkylation sites (N-methyl/N-ethyl adjacent to an activating group) is 1. The Labute approximate surface area is 145 Å². The number of anilines is 2. The van der Waals surface area contributed by atoms with E-state index in [-0.39, 0.29) is 18.4 Å². The maximum Gasteiger partial charge on any atom is 0.264 e. The molecule has 0 spiro atoms. The molecule has 0 unspecified atom stereocenters. The first kappa shape index (κ1) is 16.6. The number of nitrogens with zero attached hydrogens (tertiary/aromatic N) is 1. The molecular weight excluding hydrogens is 320 g/mol. The highest BCUT2D eigenvalue weighted by Crippen LogP contribution is 2.33. The van der Waals surface area contributed by atoms with Gasteiger partial charge in [0.15, 0.2) is 6.61 Å². The lowest BCUT2D eigenvalue weighted by Gasteiger charge is -2.26. The minimum atomic E-state index is -0.270. The van der Waals surface area contributed by atoms with Gasteiger partial charge < -0.3 is 19.7 Å². The van der Waals surface area contributed by atoms with E-state index in [1.807, 2.05) is 24.3 Å². The number of carbonyl (C=O) groups excluding carboxylic acids is 2. The van der Waals surface area contributed by atoms with Gasteiger partial charge in [-0.2, -0.15) is 0 Å². The SMILES string of the molecule is COc1cccc(/C=C/C(=O)Nc2ccc3c(c2)N(C)C(=O)CO3)c1. The van der Waals surface area contributed by atoms with Crippen LogP contribution in [-0.4, -0.2) is 32.6 Å². The summed E-state index contributed by atoms with van der Waals surface area (Å²) in [4.78, 5) is 25.3. The standard InChI is InChI=1S/C19H18N2O4/c1-21-16-11-14(7-8-17(16)25-12-19(21)23)20-18(22)9-6-13-4-3-5-15(10-13)24-2/h3-11H,12H2,1-2H3,(H,20,22)/b9-6+. The normalized spacial score (nSPS) is 13.4. The predicted octanol–water partition coefficient (Wildman–Crippen LogP) is 2.70. The van der Waals surface area contributed by atoms with Crippen molar-refractivity contribution in [3.63, 3.8) is 0 Å². The molecule has 2 aromatic rings. The van der Waals surface area contributed by atoms with Gasteiger partial charge in [-0.1, -0.05) is 12.1 Å². The number of fused-ring (bicyclic) bond motifs is 1. The Morgan fingerprint density at radius 3 is 2.92 bits per heavy atom. The summed E-state index contributed by atoms with van der Waals surface area (Å²) in [6.45, 7) is 0.0263. The van der Waals surface area contributed by atoms with Crippen LogP contribution in [0, 0.1) is 0 Å². The molecule has 6 heteroatoms. The van der Waals surface area contributed by atoms with Gasteiger partial charge in [0.25, 0.3) is 5.91 Å².